The summed E-state index contributed by atoms with van der Waals surface area (Å²) in [5, 5.41) is 6.12. The molecule has 2 aromatic rings. The number of benzene rings is 1. The van der Waals surface area contributed by atoms with Gasteiger partial charge >= 0.3 is 6.09 Å². The highest BCUT2D eigenvalue weighted by molar-refractivity contribution is 7.15. The van der Waals surface area contributed by atoms with Gasteiger partial charge in [-0.15, -0.1) is 11.3 Å². The Morgan fingerprint density at radius 1 is 1.06 bits per heavy atom. The van der Waals surface area contributed by atoms with Crippen LogP contribution in [0.15, 0.2) is 24.3 Å². The molecular weight excluding hydrogens is 466 g/mol. The zero-order valence-corrected chi connectivity index (χ0v) is 22.5. The topological polar surface area (TPSA) is 104 Å². The molecule has 0 aliphatic heterocycles. The molecular formula is C25H37N5O4S. The quantitative estimate of drug-likeness (QED) is 0.513. The Bertz CT molecular complexity index is 1010. The fourth-order valence-corrected chi connectivity index (χ4v) is 4.30. The Hall–Kier alpha value is -2.98. The maximum atomic E-state index is 11.9. The van der Waals surface area contributed by atoms with E-state index >= 15 is 0 Å². The highest BCUT2D eigenvalue weighted by Gasteiger charge is 2.17. The molecule has 0 bridgehead atoms. The number of amides is 3. The Balaban J connectivity index is 2.01. The number of hydrogen-bond acceptors (Lipinski definition) is 7. The Labute approximate surface area is 211 Å². The van der Waals surface area contributed by atoms with Crippen molar-refractivity contribution in [1.29, 1.82) is 0 Å². The number of rotatable bonds is 10. The van der Waals surface area contributed by atoms with Crippen LogP contribution in [-0.2, 0) is 29.0 Å². The van der Waals surface area contributed by atoms with Gasteiger partial charge in [-0.25, -0.2) is 9.78 Å². The number of aromatic nitrogens is 1. The minimum atomic E-state index is -0.487. The zero-order valence-electron chi connectivity index (χ0n) is 21.7. The van der Waals surface area contributed by atoms with E-state index in [1.54, 1.807) is 31.1 Å². The summed E-state index contributed by atoms with van der Waals surface area (Å²) in [7, 11) is 5.48. The van der Waals surface area contributed by atoms with E-state index in [0.717, 1.165) is 22.6 Å². The molecule has 0 aliphatic carbocycles. The third kappa shape index (κ3) is 10.4. The van der Waals surface area contributed by atoms with Crippen molar-refractivity contribution in [1.82, 2.24) is 20.1 Å². The lowest BCUT2D eigenvalue weighted by molar-refractivity contribution is -0.129. The van der Waals surface area contributed by atoms with Gasteiger partial charge in [-0.3, -0.25) is 9.59 Å². The first-order valence-electron chi connectivity index (χ1n) is 11.6. The minimum absolute atomic E-state index is 0.0867. The number of anilines is 1. The molecule has 0 fully saturated rings. The number of nitrogens with zero attached hydrogens (tertiary/aromatic N) is 3. The molecule has 2 rings (SSSR count). The first kappa shape index (κ1) is 28.3. The normalized spacial score (nSPS) is 11.3. The summed E-state index contributed by atoms with van der Waals surface area (Å²) in [6.07, 6.45) is 1.39. The molecule has 10 heteroatoms. The van der Waals surface area contributed by atoms with E-state index in [0.29, 0.717) is 36.8 Å². The number of aryl methyl sites for hydroxylation is 2. The summed E-state index contributed by atoms with van der Waals surface area (Å²) >= 11 is 1.46. The number of carbonyl (C=O) groups is 3. The SMILES string of the molecule is CC(=O)Nc1nc(CCc2ccc(OC(=O)NC(C)(C)C)cc2)c(CN(C)CCC(=O)N(C)C)s1. The fourth-order valence-electron chi connectivity index (χ4n) is 3.17. The van der Waals surface area contributed by atoms with E-state index < -0.39 is 6.09 Å². The molecule has 1 heterocycles. The molecule has 9 nitrogen and oxygen atoms in total. The molecule has 3 amide bonds. The van der Waals surface area contributed by atoms with Crippen molar-refractivity contribution in [3.05, 3.63) is 40.4 Å². The van der Waals surface area contributed by atoms with E-state index in [1.807, 2.05) is 40.0 Å². The van der Waals surface area contributed by atoms with Gasteiger partial charge in [-0.05, 0) is 58.4 Å². The largest absolute Gasteiger partial charge is 0.413 e. The molecule has 0 radical (unpaired) electrons. The van der Waals surface area contributed by atoms with E-state index in [2.05, 4.69) is 20.5 Å². The smallest absolute Gasteiger partial charge is 0.410 e. The Kier molecular flexibility index (Phi) is 10.2. The number of carbonyl (C=O) groups excluding carboxylic acids is 3. The van der Waals surface area contributed by atoms with Gasteiger partial charge in [0.25, 0.3) is 0 Å². The molecule has 0 atom stereocenters. The average Bonchev–Trinajstić information content (AvgIpc) is 3.10. The molecule has 0 unspecified atom stereocenters. The molecule has 192 valence electrons. The summed E-state index contributed by atoms with van der Waals surface area (Å²) in [6.45, 7) is 8.41. The van der Waals surface area contributed by atoms with Gasteiger partial charge in [0, 0.05) is 50.9 Å². The van der Waals surface area contributed by atoms with Crippen molar-refractivity contribution in [3.8, 4) is 5.75 Å². The van der Waals surface area contributed by atoms with E-state index in [-0.39, 0.29) is 17.4 Å². The average molecular weight is 504 g/mol. The molecule has 2 N–H and O–H groups in total. The van der Waals surface area contributed by atoms with Crippen LogP contribution in [-0.4, -0.2) is 65.9 Å². The predicted molar refractivity (Wildman–Crippen MR) is 139 cm³/mol. The monoisotopic (exact) mass is 503 g/mol. The first-order valence-corrected chi connectivity index (χ1v) is 12.4. The van der Waals surface area contributed by atoms with E-state index in [9.17, 15) is 14.4 Å². The molecule has 1 aromatic heterocycles. The van der Waals surface area contributed by atoms with E-state index in [4.69, 9.17) is 4.74 Å². The van der Waals surface area contributed by atoms with Gasteiger partial charge in [-0.2, -0.15) is 0 Å². The summed E-state index contributed by atoms with van der Waals surface area (Å²) in [6, 6.07) is 7.41. The van der Waals surface area contributed by atoms with Crippen molar-refractivity contribution in [3.63, 3.8) is 0 Å². The van der Waals surface area contributed by atoms with Gasteiger partial charge in [0.15, 0.2) is 5.13 Å². The van der Waals surface area contributed by atoms with Crippen LogP contribution in [0.25, 0.3) is 0 Å². The molecule has 0 aliphatic rings. The molecule has 1 aromatic carbocycles. The van der Waals surface area contributed by atoms with Gasteiger partial charge in [-0.1, -0.05) is 12.1 Å². The van der Waals surface area contributed by atoms with Crippen molar-refractivity contribution < 1.29 is 19.1 Å². The van der Waals surface area contributed by atoms with Crippen molar-refractivity contribution in [2.24, 2.45) is 0 Å². The third-order valence-corrected chi connectivity index (χ3v) is 5.94. The summed E-state index contributed by atoms with van der Waals surface area (Å²) < 4.78 is 5.33. The van der Waals surface area contributed by atoms with Crippen LogP contribution in [0.2, 0.25) is 0 Å². The predicted octanol–water partition coefficient (Wildman–Crippen LogP) is 3.68. The van der Waals surface area contributed by atoms with Crippen LogP contribution in [0.5, 0.6) is 5.75 Å². The summed E-state index contributed by atoms with van der Waals surface area (Å²) in [5.41, 5.74) is 1.64. The first-order chi connectivity index (χ1) is 16.3. The van der Waals surface area contributed by atoms with Crippen LogP contribution in [0.4, 0.5) is 9.93 Å². The van der Waals surface area contributed by atoms with Gasteiger partial charge in [0.1, 0.15) is 5.75 Å². The summed E-state index contributed by atoms with van der Waals surface area (Å²) in [4.78, 5) is 44.8. The number of thiazole rings is 1. The fraction of sp³-hybridized carbons (Fsp3) is 0.520. The van der Waals surface area contributed by atoms with Crippen molar-refractivity contribution >= 4 is 34.4 Å². The van der Waals surface area contributed by atoms with Crippen molar-refractivity contribution in [2.45, 2.75) is 59.0 Å². The van der Waals surface area contributed by atoms with E-state index in [1.165, 1.54) is 18.3 Å². The highest BCUT2D eigenvalue weighted by atomic mass is 32.1. The maximum absolute atomic E-state index is 11.9. The lowest BCUT2D eigenvalue weighted by Gasteiger charge is -2.19. The van der Waals surface area contributed by atoms with Crippen LogP contribution in [0, 0.1) is 0 Å². The second-order valence-corrected chi connectivity index (χ2v) is 10.8. The number of ether oxygens (including phenoxy) is 1. The van der Waals surface area contributed by atoms with Crippen molar-refractivity contribution in [2.75, 3.05) is 33.0 Å². The Morgan fingerprint density at radius 2 is 1.71 bits per heavy atom. The second-order valence-electron chi connectivity index (χ2n) is 9.75. The Morgan fingerprint density at radius 3 is 2.29 bits per heavy atom. The number of nitrogens with one attached hydrogen (secondary N) is 2. The molecule has 0 spiro atoms. The maximum Gasteiger partial charge on any atom is 0.413 e. The van der Waals surface area contributed by atoms with Gasteiger partial charge < -0.3 is 25.2 Å². The van der Waals surface area contributed by atoms with Gasteiger partial charge in [0.2, 0.25) is 11.8 Å². The molecule has 0 saturated carbocycles. The lowest BCUT2D eigenvalue weighted by Crippen LogP contribution is -2.42. The second kappa shape index (κ2) is 12.6. The highest BCUT2D eigenvalue weighted by Crippen LogP contribution is 2.26. The van der Waals surface area contributed by atoms with Gasteiger partial charge in [0.05, 0.1) is 5.69 Å². The van der Waals surface area contributed by atoms with Crippen LogP contribution in [0.1, 0.15) is 50.3 Å². The molecule has 35 heavy (non-hydrogen) atoms. The zero-order chi connectivity index (χ0) is 26.2. The van der Waals surface area contributed by atoms with Crippen LogP contribution in [0.3, 0.4) is 0 Å². The summed E-state index contributed by atoms with van der Waals surface area (Å²) in [5.74, 6) is 0.406. The van der Waals surface area contributed by atoms with Crippen LogP contribution >= 0.6 is 11.3 Å². The molecule has 0 saturated heterocycles. The standard InChI is InChI=1S/C25H37N5O4S/c1-17(31)26-23-27-20(21(35-23)16-30(7)15-14-22(32)29(5)6)13-10-18-8-11-19(12-9-18)34-24(33)28-25(2,3)4/h8-9,11-12H,10,13-16H2,1-7H3,(H,28,33)(H,26,27,31). The number of hydrogen-bond donors (Lipinski definition) is 2. The third-order valence-electron chi connectivity index (χ3n) is 4.94. The lowest BCUT2D eigenvalue weighted by atomic mass is 10.1. The van der Waals surface area contributed by atoms with Crippen LogP contribution < -0.4 is 15.4 Å². The minimum Gasteiger partial charge on any atom is -0.410 e.